The maximum absolute atomic E-state index is 13.3. The molecule has 3 rings (SSSR count). The third-order valence-corrected chi connectivity index (χ3v) is 3.85. The molecule has 1 aliphatic rings. The Kier molecular flexibility index (Phi) is 4.48. The van der Waals surface area contributed by atoms with E-state index in [9.17, 15) is 4.39 Å². The van der Waals surface area contributed by atoms with Crippen molar-refractivity contribution in [3.8, 4) is 0 Å². The van der Waals surface area contributed by atoms with E-state index in [1.165, 1.54) is 6.07 Å². The van der Waals surface area contributed by atoms with Gasteiger partial charge in [0.2, 0.25) is 0 Å². The van der Waals surface area contributed by atoms with E-state index in [2.05, 4.69) is 19.8 Å². The highest BCUT2D eigenvalue weighted by molar-refractivity contribution is 5.41. The molecule has 0 aliphatic carbocycles. The quantitative estimate of drug-likeness (QED) is 0.938. The van der Waals surface area contributed by atoms with Crippen LogP contribution in [0.3, 0.4) is 0 Å². The van der Waals surface area contributed by atoms with Crippen LogP contribution < -0.4 is 10.6 Å². The lowest BCUT2D eigenvalue weighted by molar-refractivity contribution is 0.285. The van der Waals surface area contributed by atoms with Crippen molar-refractivity contribution >= 4 is 11.6 Å². The van der Waals surface area contributed by atoms with Crippen LogP contribution in [0.15, 0.2) is 36.7 Å². The second-order valence-corrected chi connectivity index (χ2v) is 5.55. The number of nitrogens with two attached hydrogens (primary N) is 1. The van der Waals surface area contributed by atoms with Crippen molar-refractivity contribution in [1.29, 1.82) is 0 Å². The minimum absolute atomic E-state index is 0.177. The predicted molar refractivity (Wildman–Crippen MR) is 85.0 cm³/mol. The molecule has 2 aromatic rings. The summed E-state index contributed by atoms with van der Waals surface area (Å²) in [7, 11) is 0. The Balaban J connectivity index is 1.62. The van der Waals surface area contributed by atoms with E-state index >= 15 is 0 Å². The van der Waals surface area contributed by atoms with E-state index in [1.54, 1.807) is 24.5 Å². The van der Waals surface area contributed by atoms with Gasteiger partial charge in [0.05, 0.1) is 12.4 Å². The molecule has 1 aliphatic heterocycles. The Labute approximate surface area is 129 Å². The van der Waals surface area contributed by atoms with Gasteiger partial charge in [-0.2, -0.15) is 0 Å². The first-order chi connectivity index (χ1) is 10.7. The number of anilines is 2. The summed E-state index contributed by atoms with van der Waals surface area (Å²) in [6.45, 7) is 4.47. The Morgan fingerprint density at radius 1 is 1.14 bits per heavy atom. The molecule has 2 heterocycles. The fourth-order valence-electron chi connectivity index (χ4n) is 2.77. The molecule has 2 N–H and O–H groups in total. The monoisotopic (exact) mass is 301 g/mol. The fourth-order valence-corrected chi connectivity index (χ4v) is 2.77. The lowest BCUT2D eigenvalue weighted by Crippen LogP contribution is -2.31. The van der Waals surface area contributed by atoms with Crippen LogP contribution in [-0.4, -0.2) is 41.0 Å². The number of nitrogen functional groups attached to an aromatic ring is 1. The van der Waals surface area contributed by atoms with Crippen molar-refractivity contribution in [1.82, 2.24) is 14.9 Å². The Morgan fingerprint density at radius 3 is 2.86 bits per heavy atom. The molecule has 0 atom stereocenters. The molecule has 0 amide bonds. The van der Waals surface area contributed by atoms with Gasteiger partial charge >= 0.3 is 0 Å². The zero-order chi connectivity index (χ0) is 15.4. The van der Waals surface area contributed by atoms with Gasteiger partial charge in [-0.1, -0.05) is 12.1 Å². The van der Waals surface area contributed by atoms with Gasteiger partial charge in [-0.15, -0.1) is 0 Å². The van der Waals surface area contributed by atoms with E-state index in [4.69, 9.17) is 5.73 Å². The standard InChI is InChI=1S/C16H20FN5/c17-14-4-1-3-13(9-14)12-21-5-2-6-22(8-7-21)16-11-19-10-15(18)20-16/h1,3-4,9-11H,2,5-8,12H2,(H2,18,20). The summed E-state index contributed by atoms with van der Waals surface area (Å²) < 4.78 is 13.3. The topological polar surface area (TPSA) is 58.3 Å². The van der Waals surface area contributed by atoms with Crippen molar-refractivity contribution in [2.24, 2.45) is 0 Å². The molecule has 1 aromatic heterocycles. The van der Waals surface area contributed by atoms with Crippen LogP contribution in [0, 0.1) is 5.82 Å². The SMILES string of the molecule is Nc1cncc(N2CCCN(Cc3cccc(F)c3)CC2)n1. The van der Waals surface area contributed by atoms with Crippen LogP contribution in [0.2, 0.25) is 0 Å². The number of halogens is 1. The molecule has 22 heavy (non-hydrogen) atoms. The highest BCUT2D eigenvalue weighted by Crippen LogP contribution is 2.15. The number of hydrogen-bond acceptors (Lipinski definition) is 5. The van der Waals surface area contributed by atoms with Gasteiger partial charge in [0, 0.05) is 32.7 Å². The van der Waals surface area contributed by atoms with Crippen LogP contribution in [0.4, 0.5) is 16.0 Å². The molecule has 0 bridgehead atoms. The third kappa shape index (κ3) is 3.71. The van der Waals surface area contributed by atoms with Gasteiger partial charge in [-0.05, 0) is 24.1 Å². The smallest absolute Gasteiger partial charge is 0.149 e. The molecule has 1 fully saturated rings. The summed E-state index contributed by atoms with van der Waals surface area (Å²) in [5.74, 6) is 1.09. The zero-order valence-corrected chi connectivity index (χ0v) is 12.5. The average Bonchev–Trinajstić information content (AvgIpc) is 2.73. The van der Waals surface area contributed by atoms with Gasteiger partial charge in [-0.25, -0.2) is 9.37 Å². The van der Waals surface area contributed by atoms with Crippen molar-refractivity contribution in [3.63, 3.8) is 0 Å². The fraction of sp³-hybridized carbons (Fsp3) is 0.375. The number of nitrogens with zero attached hydrogens (tertiary/aromatic N) is 4. The average molecular weight is 301 g/mol. The Hall–Kier alpha value is -2.21. The molecule has 0 radical (unpaired) electrons. The predicted octanol–water partition coefficient (Wildman–Crippen LogP) is 1.91. The first-order valence-electron chi connectivity index (χ1n) is 7.50. The summed E-state index contributed by atoms with van der Waals surface area (Å²) in [4.78, 5) is 13.0. The summed E-state index contributed by atoms with van der Waals surface area (Å²) >= 11 is 0. The third-order valence-electron chi connectivity index (χ3n) is 3.85. The van der Waals surface area contributed by atoms with Crippen LogP contribution in [0.25, 0.3) is 0 Å². The van der Waals surface area contributed by atoms with Crippen molar-refractivity contribution in [2.75, 3.05) is 36.8 Å². The lowest BCUT2D eigenvalue weighted by atomic mass is 10.2. The second-order valence-electron chi connectivity index (χ2n) is 5.55. The number of aromatic nitrogens is 2. The summed E-state index contributed by atoms with van der Waals surface area (Å²) in [6, 6.07) is 6.81. The highest BCUT2D eigenvalue weighted by Gasteiger charge is 2.16. The molecule has 116 valence electrons. The molecule has 5 nitrogen and oxygen atoms in total. The van der Waals surface area contributed by atoms with E-state index in [1.807, 2.05) is 6.07 Å². The van der Waals surface area contributed by atoms with Crippen molar-refractivity contribution in [2.45, 2.75) is 13.0 Å². The molecule has 0 spiro atoms. The van der Waals surface area contributed by atoms with Crippen molar-refractivity contribution < 1.29 is 4.39 Å². The zero-order valence-electron chi connectivity index (χ0n) is 12.5. The molecule has 0 unspecified atom stereocenters. The Morgan fingerprint density at radius 2 is 2.05 bits per heavy atom. The maximum Gasteiger partial charge on any atom is 0.149 e. The first kappa shape index (κ1) is 14.7. The van der Waals surface area contributed by atoms with E-state index in [0.29, 0.717) is 5.82 Å². The lowest BCUT2D eigenvalue weighted by Gasteiger charge is -2.22. The van der Waals surface area contributed by atoms with Gasteiger partial charge in [-0.3, -0.25) is 9.88 Å². The van der Waals surface area contributed by atoms with Gasteiger partial charge in [0.15, 0.2) is 0 Å². The van der Waals surface area contributed by atoms with Crippen LogP contribution in [0.5, 0.6) is 0 Å². The normalized spacial score (nSPS) is 16.5. The first-order valence-corrected chi connectivity index (χ1v) is 7.50. The summed E-state index contributed by atoms with van der Waals surface area (Å²) in [5, 5.41) is 0. The summed E-state index contributed by atoms with van der Waals surface area (Å²) in [6.07, 6.45) is 4.34. The highest BCUT2D eigenvalue weighted by atomic mass is 19.1. The van der Waals surface area contributed by atoms with Crippen molar-refractivity contribution in [3.05, 3.63) is 48.0 Å². The molecule has 0 saturated carbocycles. The molecule has 1 saturated heterocycles. The Bertz CT molecular complexity index is 633. The van der Waals surface area contributed by atoms with Gasteiger partial charge in [0.1, 0.15) is 17.5 Å². The number of benzene rings is 1. The number of hydrogen-bond donors (Lipinski definition) is 1. The van der Waals surface area contributed by atoms with E-state index in [-0.39, 0.29) is 5.82 Å². The van der Waals surface area contributed by atoms with Gasteiger partial charge in [0.25, 0.3) is 0 Å². The van der Waals surface area contributed by atoms with Crippen LogP contribution >= 0.6 is 0 Å². The number of rotatable bonds is 3. The van der Waals surface area contributed by atoms with E-state index in [0.717, 1.165) is 50.5 Å². The minimum Gasteiger partial charge on any atom is -0.382 e. The van der Waals surface area contributed by atoms with Crippen LogP contribution in [0.1, 0.15) is 12.0 Å². The molecular weight excluding hydrogens is 281 g/mol. The minimum atomic E-state index is -0.177. The van der Waals surface area contributed by atoms with E-state index < -0.39 is 0 Å². The second kappa shape index (κ2) is 6.70. The molecular formula is C16H20FN5. The molecule has 1 aromatic carbocycles. The largest absolute Gasteiger partial charge is 0.382 e. The van der Waals surface area contributed by atoms with Crippen LogP contribution in [-0.2, 0) is 6.54 Å². The summed E-state index contributed by atoms with van der Waals surface area (Å²) in [5.41, 5.74) is 6.71. The molecule has 6 heteroatoms. The maximum atomic E-state index is 13.3. The van der Waals surface area contributed by atoms with Gasteiger partial charge < -0.3 is 10.6 Å².